The third-order valence-electron chi connectivity index (χ3n) is 5.73. The van der Waals surface area contributed by atoms with E-state index in [0.29, 0.717) is 36.4 Å². The summed E-state index contributed by atoms with van der Waals surface area (Å²) >= 11 is 11.7. The zero-order valence-corrected chi connectivity index (χ0v) is 19.1. The molecule has 3 aromatic carbocycles. The molecule has 7 heteroatoms. The van der Waals surface area contributed by atoms with Crippen LogP contribution in [0.25, 0.3) is 10.8 Å². The van der Waals surface area contributed by atoms with Crippen LogP contribution < -0.4 is 10.1 Å². The summed E-state index contributed by atoms with van der Waals surface area (Å²) in [7, 11) is 0. The number of hydrogen-bond acceptors (Lipinski definition) is 4. The normalized spacial score (nSPS) is 16.5. The molecule has 1 atom stereocenters. The molecule has 1 aliphatic rings. The van der Waals surface area contributed by atoms with Crippen LogP contribution in [0.1, 0.15) is 16.8 Å². The Bertz CT molecular complexity index is 1110. The van der Waals surface area contributed by atoms with Gasteiger partial charge < -0.3 is 10.1 Å². The molecule has 0 radical (unpaired) electrons. The van der Waals surface area contributed by atoms with E-state index in [1.165, 1.54) is 12.1 Å². The molecule has 168 valence electrons. The highest BCUT2D eigenvalue weighted by Gasteiger charge is 2.24. The van der Waals surface area contributed by atoms with Crippen LogP contribution in [-0.2, 0) is 0 Å². The van der Waals surface area contributed by atoms with Crippen LogP contribution in [0.15, 0.2) is 54.6 Å². The number of ketones is 1. The first-order valence-electron chi connectivity index (χ1n) is 10.7. The highest BCUT2D eigenvalue weighted by Crippen LogP contribution is 2.22. The number of fused-ring (bicyclic) bond motifs is 1. The van der Waals surface area contributed by atoms with Crippen molar-refractivity contribution in [2.24, 2.45) is 5.92 Å². The van der Waals surface area contributed by atoms with Gasteiger partial charge in [0, 0.05) is 29.7 Å². The van der Waals surface area contributed by atoms with Gasteiger partial charge in [0.1, 0.15) is 18.2 Å². The van der Waals surface area contributed by atoms with Crippen molar-refractivity contribution in [3.63, 3.8) is 0 Å². The average molecular weight is 475 g/mol. The number of halogens is 3. The van der Waals surface area contributed by atoms with Crippen LogP contribution in [0, 0.1) is 11.7 Å². The summed E-state index contributed by atoms with van der Waals surface area (Å²) in [5, 5.41) is 6.22. The van der Waals surface area contributed by atoms with E-state index >= 15 is 0 Å². The molecule has 0 saturated carbocycles. The van der Waals surface area contributed by atoms with Gasteiger partial charge in [-0.3, -0.25) is 9.69 Å². The summed E-state index contributed by atoms with van der Waals surface area (Å²) in [6, 6.07) is 15.9. The van der Waals surface area contributed by atoms with Gasteiger partial charge in [-0.1, -0.05) is 41.4 Å². The lowest BCUT2D eigenvalue weighted by Gasteiger charge is -2.16. The lowest BCUT2D eigenvalue weighted by Crippen LogP contribution is -2.31. The first-order chi connectivity index (χ1) is 15.5. The smallest absolute Gasteiger partial charge is 0.176 e. The Morgan fingerprint density at radius 1 is 1.09 bits per heavy atom. The number of carbonyl (C=O) groups is 1. The van der Waals surface area contributed by atoms with Crippen molar-refractivity contribution in [3.8, 4) is 5.75 Å². The second kappa shape index (κ2) is 10.6. The molecule has 0 aromatic heterocycles. The predicted molar refractivity (Wildman–Crippen MR) is 128 cm³/mol. The molecule has 1 saturated heterocycles. The Kier molecular flexibility index (Phi) is 7.63. The first-order valence-corrected chi connectivity index (χ1v) is 11.5. The van der Waals surface area contributed by atoms with Crippen LogP contribution in [0.4, 0.5) is 4.39 Å². The van der Waals surface area contributed by atoms with Gasteiger partial charge in [0.2, 0.25) is 0 Å². The van der Waals surface area contributed by atoms with Gasteiger partial charge in [0.05, 0.1) is 11.6 Å². The fraction of sp³-hybridized carbons (Fsp3) is 0.320. The van der Waals surface area contributed by atoms with Crippen molar-refractivity contribution in [3.05, 3.63) is 76.0 Å². The number of nitrogens with zero attached hydrogens (tertiary/aromatic N) is 1. The molecule has 0 spiro atoms. The second-order valence-corrected chi connectivity index (χ2v) is 8.99. The molecule has 1 unspecified atom stereocenters. The summed E-state index contributed by atoms with van der Waals surface area (Å²) in [6.45, 7) is 4.22. The van der Waals surface area contributed by atoms with Gasteiger partial charge in [-0.2, -0.15) is 0 Å². The van der Waals surface area contributed by atoms with E-state index in [0.717, 1.165) is 42.4 Å². The van der Waals surface area contributed by atoms with Crippen molar-refractivity contribution < 1.29 is 13.9 Å². The molecular weight excluding hydrogens is 450 g/mol. The first kappa shape index (κ1) is 23.0. The monoisotopic (exact) mass is 474 g/mol. The highest BCUT2D eigenvalue weighted by atomic mass is 35.5. The lowest BCUT2D eigenvalue weighted by atomic mass is 10.0. The van der Waals surface area contributed by atoms with E-state index in [9.17, 15) is 9.18 Å². The molecule has 32 heavy (non-hydrogen) atoms. The number of benzene rings is 3. The van der Waals surface area contributed by atoms with E-state index in [1.807, 2.05) is 36.4 Å². The van der Waals surface area contributed by atoms with Crippen molar-refractivity contribution in [1.82, 2.24) is 10.2 Å². The van der Waals surface area contributed by atoms with Crippen LogP contribution >= 0.6 is 23.2 Å². The largest absolute Gasteiger partial charge is 0.492 e. The van der Waals surface area contributed by atoms with Crippen molar-refractivity contribution >= 4 is 39.8 Å². The second-order valence-electron chi connectivity index (χ2n) is 8.15. The van der Waals surface area contributed by atoms with Crippen LogP contribution in [0.3, 0.4) is 0 Å². The van der Waals surface area contributed by atoms with Gasteiger partial charge in [0.25, 0.3) is 0 Å². The van der Waals surface area contributed by atoms with Crippen molar-refractivity contribution in [2.45, 2.75) is 6.42 Å². The molecular formula is C25H25Cl2FN2O2. The summed E-state index contributed by atoms with van der Waals surface area (Å²) in [5.41, 5.74) is 0.734. The van der Waals surface area contributed by atoms with Gasteiger partial charge in [-0.05, 0) is 66.5 Å². The fourth-order valence-electron chi connectivity index (χ4n) is 4.02. The van der Waals surface area contributed by atoms with E-state index < -0.39 is 5.82 Å². The lowest BCUT2D eigenvalue weighted by molar-refractivity contribution is 0.0943. The zero-order valence-electron chi connectivity index (χ0n) is 17.6. The zero-order chi connectivity index (χ0) is 22.5. The summed E-state index contributed by atoms with van der Waals surface area (Å²) in [4.78, 5) is 15.0. The third kappa shape index (κ3) is 5.99. The standard InChI is InChI=1S/C25H25Cl2FN2O2/c26-21-4-3-18-11-20(2-1-19(18)12-21)25(31)16-30-9-7-17(15-30)14-29-8-10-32-22-5-6-23(27)24(28)13-22/h1-6,11-13,17,29H,7-10,14-16H2. The Morgan fingerprint density at radius 3 is 2.75 bits per heavy atom. The van der Waals surface area contributed by atoms with Gasteiger partial charge in [0.15, 0.2) is 5.78 Å². The quantitative estimate of drug-likeness (QED) is 0.330. The molecule has 1 heterocycles. The third-order valence-corrected chi connectivity index (χ3v) is 6.27. The van der Waals surface area contributed by atoms with Crippen LogP contribution in [-0.4, -0.2) is 50.0 Å². The Labute approximate surface area is 197 Å². The van der Waals surface area contributed by atoms with Gasteiger partial charge in [-0.25, -0.2) is 4.39 Å². The minimum Gasteiger partial charge on any atom is -0.492 e. The number of hydrogen-bond donors (Lipinski definition) is 1. The summed E-state index contributed by atoms with van der Waals surface area (Å²) < 4.78 is 19.0. The summed E-state index contributed by atoms with van der Waals surface area (Å²) in [5.74, 6) is 0.621. The number of Topliss-reactive ketones (excluding diaryl/α,β-unsaturated/α-hetero) is 1. The number of nitrogens with one attached hydrogen (secondary N) is 1. The molecule has 3 aromatic rings. The van der Waals surface area contributed by atoms with E-state index in [-0.39, 0.29) is 10.8 Å². The fourth-order valence-corrected chi connectivity index (χ4v) is 4.32. The molecule has 1 N–H and O–H groups in total. The van der Waals surface area contributed by atoms with Gasteiger partial charge >= 0.3 is 0 Å². The average Bonchev–Trinajstić information content (AvgIpc) is 3.22. The minimum atomic E-state index is -0.481. The molecule has 0 aliphatic carbocycles. The SMILES string of the molecule is O=C(CN1CCC(CNCCOc2ccc(Cl)c(F)c2)C1)c1ccc2cc(Cl)ccc2c1. The maximum atomic E-state index is 13.4. The van der Waals surface area contributed by atoms with E-state index in [4.69, 9.17) is 27.9 Å². The van der Waals surface area contributed by atoms with Crippen LogP contribution in [0.2, 0.25) is 10.0 Å². The number of rotatable bonds is 9. The van der Waals surface area contributed by atoms with E-state index in [2.05, 4.69) is 10.2 Å². The molecule has 4 nitrogen and oxygen atoms in total. The van der Waals surface area contributed by atoms with E-state index in [1.54, 1.807) is 6.07 Å². The minimum absolute atomic E-state index is 0.0882. The van der Waals surface area contributed by atoms with Gasteiger partial charge in [-0.15, -0.1) is 0 Å². The Morgan fingerprint density at radius 2 is 1.91 bits per heavy atom. The maximum absolute atomic E-state index is 13.4. The Hall–Kier alpha value is -2.18. The molecule has 4 rings (SSSR count). The molecule has 0 amide bonds. The topological polar surface area (TPSA) is 41.6 Å². The highest BCUT2D eigenvalue weighted by molar-refractivity contribution is 6.31. The molecule has 1 aliphatic heterocycles. The number of carbonyl (C=O) groups excluding carboxylic acids is 1. The van der Waals surface area contributed by atoms with Crippen molar-refractivity contribution in [2.75, 3.05) is 39.3 Å². The number of likely N-dealkylation sites (tertiary alicyclic amines) is 1. The Balaban J connectivity index is 1.18. The molecule has 0 bridgehead atoms. The maximum Gasteiger partial charge on any atom is 0.176 e. The number of ether oxygens (including phenoxy) is 1. The van der Waals surface area contributed by atoms with Crippen molar-refractivity contribution in [1.29, 1.82) is 0 Å². The predicted octanol–water partition coefficient (Wildman–Crippen LogP) is 5.46. The van der Waals surface area contributed by atoms with Crippen LogP contribution in [0.5, 0.6) is 5.75 Å². The molecule has 1 fully saturated rings. The summed E-state index contributed by atoms with van der Waals surface area (Å²) in [6.07, 6.45) is 1.06.